The van der Waals surface area contributed by atoms with Gasteiger partial charge in [-0.3, -0.25) is 4.90 Å². The van der Waals surface area contributed by atoms with Crippen molar-refractivity contribution in [3.63, 3.8) is 0 Å². The number of aromatic nitrogens is 3. The number of nitrogens with one attached hydrogen (secondary N) is 2. The number of aryl methyl sites for hydroxylation is 1. The smallest absolute Gasteiger partial charge is 0.192 e. The Morgan fingerprint density at radius 1 is 1.07 bits per heavy atom. The van der Waals surface area contributed by atoms with Gasteiger partial charge in [-0.15, -0.1) is 10.2 Å². The summed E-state index contributed by atoms with van der Waals surface area (Å²) in [7, 11) is 3.66. The lowest BCUT2D eigenvalue weighted by atomic mass is 10.1. The van der Waals surface area contributed by atoms with Crippen LogP contribution in [-0.4, -0.2) is 59.0 Å². The minimum Gasteiger partial charge on any atom is -0.383 e. The van der Waals surface area contributed by atoms with Crippen molar-refractivity contribution in [3.8, 4) is 0 Å². The van der Waals surface area contributed by atoms with Gasteiger partial charge in [-0.05, 0) is 44.0 Å². The van der Waals surface area contributed by atoms with Crippen LogP contribution in [0.15, 0.2) is 29.3 Å². The van der Waals surface area contributed by atoms with Gasteiger partial charge in [-0.25, -0.2) is 4.99 Å². The van der Waals surface area contributed by atoms with E-state index in [9.17, 15) is 0 Å². The normalized spacial score (nSPS) is 15.4. The van der Waals surface area contributed by atoms with E-state index in [0.717, 1.165) is 24.2 Å². The van der Waals surface area contributed by atoms with Crippen LogP contribution in [0.2, 0.25) is 0 Å². The number of likely N-dealkylation sites (tertiary alicyclic amines) is 1. The number of nitrogens with zero attached hydrogens (tertiary/aromatic N) is 5. The van der Waals surface area contributed by atoms with Gasteiger partial charge in [-0.2, -0.15) is 0 Å². The average Bonchev–Trinajstić information content (AvgIpc) is 3.09. The SMILES string of the molecule is COCCNC(=NCc1ccc(CN2CCCCC2)cc1)NCc1nnc(C)n1C. The second-order valence-corrected chi connectivity index (χ2v) is 7.81. The molecule has 1 aromatic heterocycles. The lowest BCUT2D eigenvalue weighted by molar-refractivity contribution is 0.203. The van der Waals surface area contributed by atoms with Crippen LogP contribution in [0.3, 0.4) is 0 Å². The van der Waals surface area contributed by atoms with Crippen molar-refractivity contribution in [3.05, 3.63) is 47.0 Å². The fraction of sp³-hybridized carbons (Fsp3) is 0.591. The molecule has 0 aliphatic carbocycles. The van der Waals surface area contributed by atoms with Gasteiger partial charge in [0.2, 0.25) is 0 Å². The lowest BCUT2D eigenvalue weighted by Crippen LogP contribution is -2.39. The van der Waals surface area contributed by atoms with Crippen molar-refractivity contribution >= 4 is 5.96 Å². The minimum atomic E-state index is 0.560. The third-order valence-corrected chi connectivity index (χ3v) is 5.49. The standard InChI is InChI=1S/C22H35N7O/c1-18-26-27-21(28(18)2)16-25-22(23-11-14-30-3)24-15-19-7-9-20(10-8-19)17-29-12-5-4-6-13-29/h7-10H,4-6,11-17H2,1-3H3,(H2,23,24,25). The first-order chi connectivity index (χ1) is 14.7. The Hall–Kier alpha value is -2.45. The Morgan fingerprint density at radius 2 is 1.80 bits per heavy atom. The average molecular weight is 414 g/mol. The molecule has 1 aliphatic heterocycles. The number of aliphatic imine (C=N–C) groups is 1. The highest BCUT2D eigenvalue weighted by molar-refractivity contribution is 5.79. The van der Waals surface area contributed by atoms with Crippen molar-refractivity contribution in [2.45, 2.75) is 45.8 Å². The molecule has 0 atom stereocenters. The van der Waals surface area contributed by atoms with E-state index < -0.39 is 0 Å². The lowest BCUT2D eigenvalue weighted by Gasteiger charge is -2.26. The monoisotopic (exact) mass is 413 g/mol. The van der Waals surface area contributed by atoms with Crippen LogP contribution >= 0.6 is 0 Å². The highest BCUT2D eigenvalue weighted by atomic mass is 16.5. The highest BCUT2D eigenvalue weighted by Gasteiger charge is 2.10. The molecule has 1 saturated heterocycles. The van der Waals surface area contributed by atoms with Crippen LogP contribution in [0.25, 0.3) is 0 Å². The molecule has 8 heteroatoms. The van der Waals surface area contributed by atoms with Gasteiger partial charge in [-0.1, -0.05) is 30.7 Å². The van der Waals surface area contributed by atoms with E-state index in [1.165, 1.54) is 43.5 Å². The number of methoxy groups -OCH3 is 1. The van der Waals surface area contributed by atoms with Crippen LogP contribution in [0.1, 0.15) is 42.0 Å². The highest BCUT2D eigenvalue weighted by Crippen LogP contribution is 2.14. The number of guanidine groups is 1. The molecule has 30 heavy (non-hydrogen) atoms. The number of hydrogen-bond donors (Lipinski definition) is 2. The summed E-state index contributed by atoms with van der Waals surface area (Å²) in [6.07, 6.45) is 4.03. The maximum Gasteiger partial charge on any atom is 0.192 e. The Labute approximate surface area is 179 Å². The molecule has 1 aliphatic rings. The number of ether oxygens (including phenoxy) is 1. The second kappa shape index (κ2) is 11.7. The van der Waals surface area contributed by atoms with E-state index >= 15 is 0 Å². The van der Waals surface area contributed by atoms with Crippen molar-refractivity contribution in [1.29, 1.82) is 0 Å². The molecule has 2 heterocycles. The molecule has 0 bridgehead atoms. The molecule has 3 rings (SSSR count). The van der Waals surface area contributed by atoms with Crippen LogP contribution in [0, 0.1) is 6.92 Å². The van der Waals surface area contributed by atoms with Gasteiger partial charge >= 0.3 is 0 Å². The molecule has 0 saturated carbocycles. The van der Waals surface area contributed by atoms with Gasteiger partial charge in [0.25, 0.3) is 0 Å². The topological polar surface area (TPSA) is 79.6 Å². The van der Waals surface area contributed by atoms with Crippen LogP contribution < -0.4 is 10.6 Å². The molecular weight excluding hydrogens is 378 g/mol. The predicted molar refractivity (Wildman–Crippen MR) is 119 cm³/mol. The Kier molecular flexibility index (Phi) is 8.65. The third kappa shape index (κ3) is 6.81. The number of hydrogen-bond acceptors (Lipinski definition) is 5. The molecule has 0 spiro atoms. The van der Waals surface area contributed by atoms with E-state index in [1.807, 2.05) is 18.5 Å². The molecule has 0 unspecified atom stereocenters. The van der Waals surface area contributed by atoms with Crippen LogP contribution in [0.4, 0.5) is 0 Å². The summed E-state index contributed by atoms with van der Waals surface area (Å²) >= 11 is 0. The van der Waals surface area contributed by atoms with Crippen LogP contribution in [0.5, 0.6) is 0 Å². The summed E-state index contributed by atoms with van der Waals surface area (Å²) < 4.78 is 7.11. The number of rotatable bonds is 9. The van der Waals surface area contributed by atoms with Gasteiger partial charge in [0, 0.05) is 27.2 Å². The van der Waals surface area contributed by atoms with Crippen molar-refractivity contribution in [2.75, 3.05) is 33.4 Å². The molecule has 0 radical (unpaired) electrons. The molecule has 2 aromatic rings. The van der Waals surface area contributed by atoms with Gasteiger partial charge in [0.15, 0.2) is 11.8 Å². The fourth-order valence-corrected chi connectivity index (χ4v) is 3.51. The number of benzene rings is 1. The summed E-state index contributed by atoms with van der Waals surface area (Å²) in [5, 5.41) is 14.9. The molecule has 164 valence electrons. The largest absolute Gasteiger partial charge is 0.383 e. The van der Waals surface area contributed by atoms with E-state index in [2.05, 4.69) is 50.0 Å². The fourth-order valence-electron chi connectivity index (χ4n) is 3.51. The Balaban J connectivity index is 1.55. The summed E-state index contributed by atoms with van der Waals surface area (Å²) in [5.41, 5.74) is 2.57. The summed E-state index contributed by atoms with van der Waals surface area (Å²) in [5.74, 6) is 2.50. The Bertz CT molecular complexity index is 794. The molecule has 2 N–H and O–H groups in total. The third-order valence-electron chi connectivity index (χ3n) is 5.49. The van der Waals surface area contributed by atoms with E-state index in [-0.39, 0.29) is 0 Å². The molecule has 8 nitrogen and oxygen atoms in total. The van der Waals surface area contributed by atoms with Crippen LogP contribution in [-0.2, 0) is 31.4 Å². The zero-order valence-electron chi connectivity index (χ0n) is 18.5. The zero-order valence-corrected chi connectivity index (χ0v) is 18.5. The van der Waals surface area contributed by atoms with Crippen molar-refractivity contribution < 1.29 is 4.74 Å². The minimum absolute atomic E-state index is 0.560. The summed E-state index contributed by atoms with van der Waals surface area (Å²) in [6, 6.07) is 8.82. The van der Waals surface area contributed by atoms with Gasteiger partial charge < -0.3 is 19.9 Å². The van der Waals surface area contributed by atoms with Gasteiger partial charge in [0.05, 0.1) is 19.7 Å². The summed E-state index contributed by atoms with van der Waals surface area (Å²) in [4.78, 5) is 7.28. The van der Waals surface area contributed by atoms with Crippen molar-refractivity contribution in [1.82, 2.24) is 30.3 Å². The first-order valence-corrected chi connectivity index (χ1v) is 10.8. The van der Waals surface area contributed by atoms with E-state index in [0.29, 0.717) is 26.2 Å². The zero-order chi connectivity index (χ0) is 21.2. The second-order valence-electron chi connectivity index (χ2n) is 7.81. The quantitative estimate of drug-likeness (QED) is 0.372. The predicted octanol–water partition coefficient (Wildman–Crippen LogP) is 1.99. The maximum absolute atomic E-state index is 5.14. The van der Waals surface area contributed by atoms with Gasteiger partial charge in [0.1, 0.15) is 5.82 Å². The first kappa shape index (κ1) is 22.2. The first-order valence-electron chi connectivity index (χ1n) is 10.8. The molecule has 1 fully saturated rings. The number of piperidine rings is 1. The summed E-state index contributed by atoms with van der Waals surface area (Å²) in [6.45, 7) is 7.92. The van der Waals surface area contributed by atoms with Crippen molar-refractivity contribution in [2.24, 2.45) is 12.0 Å². The molecule has 0 amide bonds. The maximum atomic E-state index is 5.14. The molecular formula is C22H35N7O. The Morgan fingerprint density at radius 3 is 2.47 bits per heavy atom. The molecule has 1 aromatic carbocycles. The van der Waals surface area contributed by atoms with E-state index in [1.54, 1.807) is 7.11 Å². The van der Waals surface area contributed by atoms with E-state index in [4.69, 9.17) is 9.73 Å².